The van der Waals surface area contributed by atoms with Crippen molar-refractivity contribution in [2.45, 2.75) is 6.54 Å². The summed E-state index contributed by atoms with van der Waals surface area (Å²) in [5.41, 5.74) is 0.798. The molecule has 1 N–H and O–H groups in total. The Balaban J connectivity index is 1.98. The zero-order chi connectivity index (χ0) is 9.80. The van der Waals surface area contributed by atoms with Crippen LogP contribution in [0, 0.1) is 0 Å². The number of nitrogens with one attached hydrogen (secondary N) is 1. The molecule has 2 rings (SSSR count). The number of nitrogens with zero attached hydrogens (tertiary/aromatic N) is 3. The molecule has 0 aliphatic carbocycles. The topological polar surface area (TPSA) is 63.8 Å². The fourth-order valence-electron chi connectivity index (χ4n) is 0.937. The summed E-state index contributed by atoms with van der Waals surface area (Å²) in [6.45, 7) is 0.533. The lowest BCUT2D eigenvalue weighted by molar-refractivity contribution is 0.412. The second-order valence-electron chi connectivity index (χ2n) is 2.57. The van der Waals surface area contributed by atoms with Gasteiger partial charge in [-0.05, 0) is 0 Å². The van der Waals surface area contributed by atoms with Crippen LogP contribution < -0.4 is 5.32 Å². The minimum absolute atomic E-state index is 0.357. The molecule has 0 unspecified atom stereocenters. The Bertz CT molecular complexity index is 403. The fraction of sp³-hybridized carbons (Fsp3) is 0.125. The fourth-order valence-corrected chi connectivity index (χ4v) is 1.08. The molecule has 2 aromatic rings. The summed E-state index contributed by atoms with van der Waals surface area (Å²) in [5.74, 6) is 0.612. The summed E-state index contributed by atoms with van der Waals surface area (Å²) in [5, 5.41) is 7.10. The quantitative estimate of drug-likeness (QED) is 0.836. The highest BCUT2D eigenvalue weighted by molar-refractivity contribution is 6.29. The van der Waals surface area contributed by atoms with E-state index in [1.54, 1.807) is 12.3 Å². The van der Waals surface area contributed by atoms with Crippen LogP contribution in [-0.4, -0.2) is 15.1 Å². The molecule has 2 aromatic heterocycles. The Kier molecular flexibility index (Phi) is 2.60. The van der Waals surface area contributed by atoms with Gasteiger partial charge >= 0.3 is 0 Å². The molecule has 14 heavy (non-hydrogen) atoms. The van der Waals surface area contributed by atoms with Gasteiger partial charge in [0.15, 0.2) is 0 Å². The van der Waals surface area contributed by atoms with E-state index in [-0.39, 0.29) is 0 Å². The molecule has 0 radical (unpaired) electrons. The molecule has 6 heteroatoms. The molecule has 0 amide bonds. The summed E-state index contributed by atoms with van der Waals surface area (Å²) in [7, 11) is 0. The van der Waals surface area contributed by atoms with Crippen LogP contribution in [-0.2, 0) is 6.54 Å². The molecule has 0 bridgehead atoms. The van der Waals surface area contributed by atoms with Gasteiger partial charge in [0.25, 0.3) is 0 Å². The van der Waals surface area contributed by atoms with Gasteiger partial charge < -0.3 is 9.84 Å². The van der Waals surface area contributed by atoms with Crippen molar-refractivity contribution < 1.29 is 4.52 Å². The molecule has 2 heterocycles. The maximum absolute atomic E-state index is 5.66. The van der Waals surface area contributed by atoms with Crippen LogP contribution in [0.2, 0.25) is 5.15 Å². The number of halogens is 1. The van der Waals surface area contributed by atoms with Crippen LogP contribution in [0.5, 0.6) is 0 Å². The van der Waals surface area contributed by atoms with Crippen LogP contribution in [0.3, 0.4) is 0 Å². The van der Waals surface area contributed by atoms with Gasteiger partial charge in [0.2, 0.25) is 0 Å². The lowest BCUT2D eigenvalue weighted by atomic mass is 10.4. The van der Waals surface area contributed by atoms with E-state index in [1.807, 2.05) is 0 Å². The minimum Gasteiger partial charge on any atom is -0.364 e. The predicted molar refractivity (Wildman–Crippen MR) is 50.9 cm³/mol. The van der Waals surface area contributed by atoms with Crippen LogP contribution in [0.15, 0.2) is 29.2 Å². The van der Waals surface area contributed by atoms with E-state index in [4.69, 9.17) is 11.6 Å². The van der Waals surface area contributed by atoms with Gasteiger partial charge in [0.05, 0.1) is 18.9 Å². The number of anilines is 1. The summed E-state index contributed by atoms with van der Waals surface area (Å²) < 4.78 is 4.67. The van der Waals surface area contributed by atoms with Crippen LogP contribution in [0.25, 0.3) is 0 Å². The first-order valence-corrected chi connectivity index (χ1v) is 4.33. The van der Waals surface area contributed by atoms with Crippen LogP contribution >= 0.6 is 11.6 Å². The van der Waals surface area contributed by atoms with E-state index < -0.39 is 0 Å². The molecule has 0 fully saturated rings. The van der Waals surface area contributed by atoms with E-state index in [9.17, 15) is 0 Å². The number of hydrogen-bond acceptors (Lipinski definition) is 5. The highest BCUT2D eigenvalue weighted by atomic mass is 35.5. The predicted octanol–water partition coefficient (Wildman–Crippen LogP) is 1.73. The summed E-state index contributed by atoms with van der Waals surface area (Å²) >= 11 is 5.66. The van der Waals surface area contributed by atoms with Crippen molar-refractivity contribution in [3.8, 4) is 0 Å². The zero-order valence-electron chi connectivity index (χ0n) is 7.14. The van der Waals surface area contributed by atoms with Gasteiger partial charge in [-0.1, -0.05) is 16.8 Å². The van der Waals surface area contributed by atoms with Gasteiger partial charge in [0.1, 0.15) is 22.9 Å². The van der Waals surface area contributed by atoms with E-state index in [0.717, 1.165) is 5.69 Å². The molecule has 0 saturated carbocycles. The molecular formula is C8H7ClN4O. The maximum Gasteiger partial charge on any atom is 0.149 e. The molecule has 72 valence electrons. The standard InChI is InChI=1S/C8H7ClN4O/c9-7-4-10-5-8(12-7)11-3-6-1-2-14-13-6/h1-2,4-5H,3H2,(H,11,12). The molecule has 0 aliphatic rings. The average Bonchev–Trinajstić information content (AvgIpc) is 2.67. The SMILES string of the molecule is Clc1cncc(NCc2ccon2)n1. The summed E-state index contributed by atoms with van der Waals surface area (Å²) in [4.78, 5) is 7.89. The molecule has 0 spiro atoms. The molecule has 0 saturated heterocycles. The highest BCUT2D eigenvalue weighted by Gasteiger charge is 1.98. The van der Waals surface area contributed by atoms with Gasteiger partial charge in [-0.2, -0.15) is 0 Å². The molecule has 0 aliphatic heterocycles. The largest absolute Gasteiger partial charge is 0.364 e. The third-order valence-corrected chi connectivity index (χ3v) is 1.73. The van der Waals surface area contributed by atoms with Crippen molar-refractivity contribution in [3.63, 3.8) is 0 Å². The number of rotatable bonds is 3. The van der Waals surface area contributed by atoms with Crippen LogP contribution in [0.4, 0.5) is 5.82 Å². The minimum atomic E-state index is 0.357. The first-order valence-electron chi connectivity index (χ1n) is 3.95. The second-order valence-corrected chi connectivity index (χ2v) is 2.96. The Hall–Kier alpha value is -1.62. The van der Waals surface area contributed by atoms with E-state index in [2.05, 4.69) is 25.0 Å². The van der Waals surface area contributed by atoms with Gasteiger partial charge in [0, 0.05) is 6.07 Å². The van der Waals surface area contributed by atoms with E-state index in [0.29, 0.717) is 17.5 Å². The smallest absolute Gasteiger partial charge is 0.149 e. The molecule has 0 atom stereocenters. The van der Waals surface area contributed by atoms with Gasteiger partial charge in [-0.25, -0.2) is 4.98 Å². The van der Waals surface area contributed by atoms with E-state index in [1.165, 1.54) is 12.5 Å². The summed E-state index contributed by atoms with van der Waals surface area (Å²) in [6.07, 6.45) is 4.58. The van der Waals surface area contributed by atoms with E-state index >= 15 is 0 Å². The van der Waals surface area contributed by atoms with Crippen molar-refractivity contribution in [1.29, 1.82) is 0 Å². The monoisotopic (exact) mass is 210 g/mol. The molecular weight excluding hydrogens is 204 g/mol. The third kappa shape index (κ3) is 2.20. The van der Waals surface area contributed by atoms with Crippen molar-refractivity contribution >= 4 is 17.4 Å². The maximum atomic E-state index is 5.66. The molecule has 0 aromatic carbocycles. The molecule has 5 nitrogen and oxygen atoms in total. The van der Waals surface area contributed by atoms with Gasteiger partial charge in [-0.3, -0.25) is 4.98 Å². The van der Waals surface area contributed by atoms with Crippen molar-refractivity contribution in [2.24, 2.45) is 0 Å². The first-order chi connectivity index (χ1) is 6.84. The lowest BCUT2D eigenvalue weighted by Crippen LogP contribution is -2.01. The second kappa shape index (κ2) is 4.06. The number of hydrogen-bond donors (Lipinski definition) is 1. The first kappa shape index (κ1) is 8.96. The highest BCUT2D eigenvalue weighted by Crippen LogP contribution is 2.07. The zero-order valence-corrected chi connectivity index (χ0v) is 7.90. The normalized spacial score (nSPS) is 10.1. The van der Waals surface area contributed by atoms with Gasteiger partial charge in [-0.15, -0.1) is 0 Å². The third-order valence-electron chi connectivity index (χ3n) is 1.55. The average molecular weight is 211 g/mol. The van der Waals surface area contributed by atoms with Crippen LogP contribution in [0.1, 0.15) is 5.69 Å². The Morgan fingerprint density at radius 2 is 2.36 bits per heavy atom. The Labute approximate surface area is 85.1 Å². The van der Waals surface area contributed by atoms with Crippen molar-refractivity contribution in [3.05, 3.63) is 35.6 Å². The summed E-state index contributed by atoms with van der Waals surface area (Å²) in [6, 6.07) is 1.77. The van der Waals surface area contributed by atoms with Crippen molar-refractivity contribution in [1.82, 2.24) is 15.1 Å². The lowest BCUT2D eigenvalue weighted by Gasteiger charge is -2.01. The Morgan fingerprint density at radius 3 is 3.07 bits per heavy atom. The Morgan fingerprint density at radius 1 is 1.43 bits per heavy atom. The number of aromatic nitrogens is 3. The van der Waals surface area contributed by atoms with Crippen molar-refractivity contribution in [2.75, 3.05) is 5.32 Å².